The Hall–Kier alpha value is -3.38. The van der Waals surface area contributed by atoms with Crippen molar-refractivity contribution in [1.29, 1.82) is 0 Å². The molecule has 2 aromatic carbocycles. The van der Waals surface area contributed by atoms with Crippen LogP contribution < -0.4 is 14.2 Å². The Morgan fingerprint density at radius 1 is 0.973 bits per heavy atom. The summed E-state index contributed by atoms with van der Waals surface area (Å²) in [5, 5.41) is 7.39. The van der Waals surface area contributed by atoms with Crippen LogP contribution in [0.5, 0.6) is 11.5 Å². The van der Waals surface area contributed by atoms with Crippen molar-refractivity contribution in [3.63, 3.8) is 0 Å². The smallest absolute Gasteiger partial charge is 0.416 e. The number of nitrogens with one attached hydrogen (secondary N) is 1. The minimum absolute atomic E-state index is 0.0383. The second kappa shape index (κ2) is 10.2. The van der Waals surface area contributed by atoms with Gasteiger partial charge in [-0.3, -0.25) is 4.72 Å². The summed E-state index contributed by atoms with van der Waals surface area (Å²) >= 11 is 0. The van der Waals surface area contributed by atoms with Crippen LogP contribution >= 0.6 is 0 Å². The lowest BCUT2D eigenvalue weighted by molar-refractivity contribution is -0.137. The maximum Gasteiger partial charge on any atom is 0.416 e. The van der Waals surface area contributed by atoms with Gasteiger partial charge in [0.05, 0.1) is 30.3 Å². The Morgan fingerprint density at radius 2 is 1.76 bits per heavy atom. The second-order valence-electron chi connectivity index (χ2n) is 8.78. The Kier molecular flexibility index (Phi) is 6.95. The van der Waals surface area contributed by atoms with Crippen LogP contribution in [0, 0.1) is 0 Å². The minimum atomic E-state index is -4.51. The van der Waals surface area contributed by atoms with E-state index in [1.165, 1.54) is 30.5 Å². The molecule has 0 amide bonds. The first-order chi connectivity index (χ1) is 17.7. The number of halogens is 3. The summed E-state index contributed by atoms with van der Waals surface area (Å²) < 4.78 is 85.8. The van der Waals surface area contributed by atoms with Crippen LogP contribution in [-0.4, -0.2) is 44.5 Å². The third-order valence-corrected chi connectivity index (χ3v) is 7.68. The quantitative estimate of drug-likeness (QED) is 0.486. The Balaban J connectivity index is 1.48. The van der Waals surface area contributed by atoms with Crippen molar-refractivity contribution in [2.24, 2.45) is 0 Å². The number of sulfonamides is 1. The monoisotopic (exact) mass is 535 g/mol. The van der Waals surface area contributed by atoms with Crippen molar-refractivity contribution < 1.29 is 35.8 Å². The van der Waals surface area contributed by atoms with Gasteiger partial charge in [-0.25, -0.2) is 8.42 Å². The molecule has 2 aliphatic rings. The number of ether oxygens (including phenoxy) is 3. The van der Waals surface area contributed by atoms with Crippen LogP contribution in [0.4, 0.5) is 19.0 Å². The molecule has 1 N–H and O–H groups in total. The van der Waals surface area contributed by atoms with E-state index in [2.05, 4.69) is 14.9 Å². The van der Waals surface area contributed by atoms with Gasteiger partial charge in [0.2, 0.25) is 0 Å². The SMILES string of the molecule is O=S(=O)(Nc1cccnn1)c1ccc2c(c1)OCCC2c1ccc(C(F)(F)F)cc1OC1CCOCC1. The van der Waals surface area contributed by atoms with Crippen LogP contribution in [0.15, 0.2) is 59.6 Å². The van der Waals surface area contributed by atoms with E-state index in [4.69, 9.17) is 14.2 Å². The number of benzene rings is 2. The number of fused-ring (bicyclic) bond motifs is 1. The average Bonchev–Trinajstić information content (AvgIpc) is 2.88. The number of hydrogen-bond donors (Lipinski definition) is 1. The lowest BCUT2D eigenvalue weighted by atomic mass is 9.85. The Bertz CT molecular complexity index is 1360. The summed E-state index contributed by atoms with van der Waals surface area (Å²) in [7, 11) is -3.97. The van der Waals surface area contributed by atoms with Gasteiger partial charge in [0.15, 0.2) is 5.82 Å². The number of aromatic nitrogens is 2. The first kappa shape index (κ1) is 25.3. The molecule has 8 nitrogen and oxygen atoms in total. The summed E-state index contributed by atoms with van der Waals surface area (Å²) in [6, 6.07) is 11.0. The highest BCUT2D eigenvalue weighted by atomic mass is 32.2. The third-order valence-electron chi connectivity index (χ3n) is 6.32. The molecule has 0 bridgehead atoms. The highest BCUT2D eigenvalue weighted by molar-refractivity contribution is 7.92. The fourth-order valence-electron chi connectivity index (χ4n) is 4.49. The zero-order valence-corrected chi connectivity index (χ0v) is 20.4. The molecule has 1 unspecified atom stereocenters. The molecule has 2 aliphatic heterocycles. The summed E-state index contributed by atoms with van der Waals surface area (Å²) in [6.07, 6.45) is -1.69. The Morgan fingerprint density at radius 3 is 2.49 bits per heavy atom. The highest BCUT2D eigenvalue weighted by Gasteiger charge is 2.34. The lowest BCUT2D eigenvalue weighted by Crippen LogP contribution is -2.27. The summed E-state index contributed by atoms with van der Waals surface area (Å²) in [6.45, 7) is 1.23. The van der Waals surface area contributed by atoms with Crippen molar-refractivity contribution in [1.82, 2.24) is 10.2 Å². The van der Waals surface area contributed by atoms with Gasteiger partial charge in [-0.15, -0.1) is 5.10 Å². The van der Waals surface area contributed by atoms with E-state index in [9.17, 15) is 21.6 Å². The zero-order chi connectivity index (χ0) is 26.0. The van der Waals surface area contributed by atoms with E-state index in [1.807, 2.05) is 0 Å². The van der Waals surface area contributed by atoms with Gasteiger partial charge in [-0.05, 0) is 36.8 Å². The van der Waals surface area contributed by atoms with Gasteiger partial charge < -0.3 is 14.2 Å². The van der Waals surface area contributed by atoms with Crippen molar-refractivity contribution in [2.45, 2.75) is 42.4 Å². The summed E-state index contributed by atoms with van der Waals surface area (Å²) in [5.41, 5.74) is 0.473. The van der Waals surface area contributed by atoms with Crippen LogP contribution in [0.3, 0.4) is 0 Å². The van der Waals surface area contributed by atoms with Crippen molar-refractivity contribution in [3.05, 3.63) is 71.4 Å². The average molecular weight is 536 g/mol. The molecular weight excluding hydrogens is 511 g/mol. The van der Waals surface area contributed by atoms with Gasteiger partial charge >= 0.3 is 6.18 Å². The molecule has 12 heteroatoms. The molecule has 1 atom stereocenters. The third kappa shape index (κ3) is 5.64. The van der Waals surface area contributed by atoms with Crippen molar-refractivity contribution >= 4 is 15.8 Å². The van der Waals surface area contributed by atoms with Gasteiger partial charge in [0.25, 0.3) is 10.0 Å². The van der Waals surface area contributed by atoms with Crippen molar-refractivity contribution in [3.8, 4) is 11.5 Å². The van der Waals surface area contributed by atoms with Crippen LogP contribution in [-0.2, 0) is 20.9 Å². The normalized spacial score (nSPS) is 18.5. The molecule has 3 heterocycles. The van der Waals surface area contributed by atoms with Gasteiger partial charge in [-0.1, -0.05) is 12.1 Å². The summed E-state index contributed by atoms with van der Waals surface area (Å²) in [5.74, 6) is 0.236. The van der Waals surface area contributed by atoms with Gasteiger partial charge in [0, 0.05) is 42.1 Å². The molecule has 1 aromatic heterocycles. The molecule has 5 rings (SSSR count). The maximum atomic E-state index is 13.5. The number of nitrogens with zero attached hydrogens (tertiary/aromatic N) is 2. The Labute approximate surface area is 211 Å². The first-order valence-electron chi connectivity index (χ1n) is 11.7. The zero-order valence-electron chi connectivity index (χ0n) is 19.6. The molecule has 0 aliphatic carbocycles. The predicted molar refractivity (Wildman–Crippen MR) is 127 cm³/mol. The van der Waals surface area contributed by atoms with E-state index in [0.29, 0.717) is 49.4 Å². The predicted octanol–water partition coefficient (Wildman–Crippen LogP) is 4.77. The lowest BCUT2D eigenvalue weighted by Gasteiger charge is -2.30. The number of anilines is 1. The van der Waals surface area contributed by atoms with E-state index >= 15 is 0 Å². The summed E-state index contributed by atoms with van der Waals surface area (Å²) in [4.78, 5) is -0.0383. The molecule has 1 saturated heterocycles. The van der Waals surface area contributed by atoms with E-state index in [1.54, 1.807) is 12.1 Å². The molecule has 37 heavy (non-hydrogen) atoms. The topological polar surface area (TPSA) is 99.6 Å². The van der Waals surface area contributed by atoms with Crippen LogP contribution in [0.1, 0.15) is 41.9 Å². The second-order valence-corrected chi connectivity index (χ2v) is 10.5. The first-order valence-corrected chi connectivity index (χ1v) is 13.2. The number of alkyl halides is 3. The maximum absolute atomic E-state index is 13.5. The van der Waals surface area contributed by atoms with E-state index < -0.39 is 21.8 Å². The van der Waals surface area contributed by atoms with Gasteiger partial charge in [0.1, 0.15) is 17.6 Å². The molecule has 0 radical (unpaired) electrons. The molecule has 0 saturated carbocycles. The van der Waals surface area contributed by atoms with Crippen molar-refractivity contribution in [2.75, 3.05) is 24.5 Å². The number of hydrogen-bond acceptors (Lipinski definition) is 7. The van der Waals surface area contributed by atoms with E-state index in [0.717, 1.165) is 12.1 Å². The fourth-order valence-corrected chi connectivity index (χ4v) is 5.50. The van der Waals surface area contributed by atoms with Gasteiger partial charge in [-0.2, -0.15) is 18.3 Å². The molecule has 196 valence electrons. The molecular formula is C25H24F3N3O5S. The largest absolute Gasteiger partial charge is 0.493 e. The standard InChI is InChI=1S/C25H24F3N3O5S/c26-25(27,28)16-3-5-21(23(14-16)36-17-7-11-34-12-8-17)19-9-13-35-22-15-18(4-6-20(19)22)37(32,33)31-24-2-1-10-29-30-24/h1-6,10,14-15,17,19H,7-9,11-13H2,(H,30,31). The fraction of sp³-hybridized carbons (Fsp3) is 0.360. The number of rotatable bonds is 6. The molecule has 0 spiro atoms. The van der Waals surface area contributed by atoms with Crippen LogP contribution in [0.2, 0.25) is 0 Å². The highest BCUT2D eigenvalue weighted by Crippen LogP contribution is 2.44. The minimum Gasteiger partial charge on any atom is -0.493 e. The molecule has 3 aromatic rings. The van der Waals surface area contributed by atoms with E-state index in [-0.39, 0.29) is 35.1 Å². The molecule has 1 fully saturated rings. The van der Waals surface area contributed by atoms with Crippen LogP contribution in [0.25, 0.3) is 0 Å².